The molecule has 0 aromatic rings. The summed E-state index contributed by atoms with van der Waals surface area (Å²) in [5.74, 6) is 12.2. The summed E-state index contributed by atoms with van der Waals surface area (Å²) in [6.45, 7) is 12.4. The topological polar surface area (TPSA) is 0 Å². The van der Waals surface area contributed by atoms with Crippen molar-refractivity contribution in [2.75, 3.05) is 0 Å². The molecule has 0 nitrogen and oxygen atoms in total. The van der Waals surface area contributed by atoms with Gasteiger partial charge in [0.15, 0.2) is 0 Å². The number of thioether (sulfide) groups is 1. The predicted octanol–water partition coefficient (Wildman–Crippen LogP) is 3.32. The lowest BCUT2D eigenvalue weighted by Crippen LogP contribution is -2.23. The summed E-state index contributed by atoms with van der Waals surface area (Å²) in [6, 6.07) is 0. The van der Waals surface area contributed by atoms with E-state index in [1.165, 1.54) is 0 Å². The molecule has 0 saturated heterocycles. The number of rotatable bonds is 1. The Bertz CT molecular complexity index is 252. The summed E-state index contributed by atoms with van der Waals surface area (Å²) >= 11 is 1.81. The first-order chi connectivity index (χ1) is 5.83. The Hall–Kier alpha value is -0.530. The third-order valence-corrected chi connectivity index (χ3v) is 2.46. The third kappa shape index (κ3) is 5.67. The molecule has 0 spiro atoms. The molecule has 0 bridgehead atoms. The van der Waals surface area contributed by atoms with Crippen molar-refractivity contribution in [1.82, 2.24) is 0 Å². The molecule has 0 saturated carbocycles. The van der Waals surface area contributed by atoms with Gasteiger partial charge in [-0.25, -0.2) is 0 Å². The fourth-order valence-corrected chi connectivity index (χ4v) is 2.70. The van der Waals surface area contributed by atoms with E-state index in [0.717, 1.165) is 0 Å². The van der Waals surface area contributed by atoms with Crippen LogP contribution in [0.25, 0.3) is 0 Å². The van der Waals surface area contributed by atoms with Crippen LogP contribution in [0.4, 0.5) is 0 Å². The smallest absolute Gasteiger partial charge is 0.124 e. The van der Waals surface area contributed by atoms with Crippen LogP contribution in [0.1, 0.15) is 41.5 Å². The van der Waals surface area contributed by atoms with Crippen molar-refractivity contribution in [3.63, 3.8) is 0 Å². The second-order valence-electron chi connectivity index (χ2n) is 4.00. The molecule has 0 aliphatic heterocycles. The van der Waals surface area contributed by atoms with Crippen LogP contribution in [-0.4, -0.2) is 9.49 Å². The molecule has 1 heteroatoms. The van der Waals surface area contributed by atoms with Gasteiger partial charge in [0.25, 0.3) is 0 Å². The molecule has 0 unspecified atom stereocenters. The Morgan fingerprint density at radius 3 is 1.46 bits per heavy atom. The molecule has 0 heterocycles. The molecule has 0 amide bonds. The minimum Gasteiger partial charge on any atom is -0.124 e. The van der Waals surface area contributed by atoms with Crippen molar-refractivity contribution in [2.45, 2.75) is 51.0 Å². The summed E-state index contributed by atoms with van der Waals surface area (Å²) in [5.41, 5.74) is 0. The molecule has 0 radical (unpaired) electrons. The highest BCUT2D eigenvalue weighted by Crippen LogP contribution is 2.35. The van der Waals surface area contributed by atoms with Crippen LogP contribution in [0.5, 0.6) is 0 Å². The van der Waals surface area contributed by atoms with Crippen molar-refractivity contribution in [3.05, 3.63) is 0 Å². The highest BCUT2D eigenvalue weighted by molar-refractivity contribution is 8.02. The molecule has 0 aliphatic rings. The van der Waals surface area contributed by atoms with Crippen LogP contribution in [-0.2, 0) is 0 Å². The summed E-state index contributed by atoms with van der Waals surface area (Å²) in [4.78, 5) is 0. The van der Waals surface area contributed by atoms with Gasteiger partial charge >= 0.3 is 0 Å². The summed E-state index contributed by atoms with van der Waals surface area (Å²) in [6.07, 6.45) is 0. The molecule has 0 aliphatic carbocycles. The van der Waals surface area contributed by atoms with Gasteiger partial charge in [-0.15, -0.1) is 23.6 Å². The van der Waals surface area contributed by atoms with Crippen LogP contribution in [0.15, 0.2) is 0 Å². The molecule has 0 aromatic heterocycles. The minimum atomic E-state index is -0.220. The van der Waals surface area contributed by atoms with Gasteiger partial charge in [0, 0.05) is 4.75 Å². The van der Waals surface area contributed by atoms with Gasteiger partial charge in [0.2, 0.25) is 0 Å². The average molecular weight is 194 g/mol. The highest BCUT2D eigenvalue weighted by Gasteiger charge is 2.26. The molecule has 0 rings (SSSR count). The van der Waals surface area contributed by atoms with E-state index < -0.39 is 0 Å². The standard InChI is InChI=1S/C12H18S/c1-7-9-12(6,10-8-2)13-11(3,4)5/h1-6H3. The predicted molar refractivity (Wildman–Crippen MR) is 62.6 cm³/mol. The molecule has 13 heavy (non-hydrogen) atoms. The quantitative estimate of drug-likeness (QED) is 0.577. The van der Waals surface area contributed by atoms with Gasteiger partial charge in [0.1, 0.15) is 4.75 Å². The Morgan fingerprint density at radius 2 is 1.23 bits per heavy atom. The first kappa shape index (κ1) is 12.5. The zero-order valence-electron chi connectivity index (χ0n) is 9.41. The normalized spacial score (nSPS) is 10.9. The number of hydrogen-bond acceptors (Lipinski definition) is 1. The second-order valence-corrected chi connectivity index (χ2v) is 6.24. The summed E-state index contributed by atoms with van der Waals surface area (Å²) in [5, 5.41) is 0. The number of hydrogen-bond donors (Lipinski definition) is 0. The van der Waals surface area contributed by atoms with Crippen LogP contribution in [0.2, 0.25) is 0 Å². The van der Waals surface area contributed by atoms with E-state index in [4.69, 9.17) is 0 Å². The van der Waals surface area contributed by atoms with Gasteiger partial charge in [0.05, 0.1) is 0 Å². The minimum absolute atomic E-state index is 0.197. The fraction of sp³-hybridized carbons (Fsp3) is 0.667. The van der Waals surface area contributed by atoms with Gasteiger partial charge in [-0.3, -0.25) is 0 Å². The van der Waals surface area contributed by atoms with E-state index in [1.54, 1.807) is 11.8 Å². The van der Waals surface area contributed by atoms with Crippen molar-refractivity contribution in [3.8, 4) is 23.7 Å². The summed E-state index contributed by atoms with van der Waals surface area (Å²) < 4.78 is -0.0236. The van der Waals surface area contributed by atoms with Crippen molar-refractivity contribution in [2.24, 2.45) is 0 Å². The second kappa shape index (κ2) is 4.64. The van der Waals surface area contributed by atoms with Gasteiger partial charge in [-0.05, 0) is 20.8 Å². The lowest BCUT2D eigenvalue weighted by molar-refractivity contribution is 0.792. The highest BCUT2D eigenvalue weighted by atomic mass is 32.2. The molecule has 0 aromatic carbocycles. The largest absolute Gasteiger partial charge is 0.134 e. The van der Waals surface area contributed by atoms with Crippen LogP contribution in [0, 0.1) is 23.7 Å². The van der Waals surface area contributed by atoms with Gasteiger partial charge in [-0.2, -0.15) is 0 Å². The third-order valence-electron chi connectivity index (χ3n) is 1.24. The molecular weight excluding hydrogens is 176 g/mol. The molecular formula is C12H18S. The van der Waals surface area contributed by atoms with Crippen molar-refractivity contribution in [1.29, 1.82) is 0 Å². The van der Waals surface area contributed by atoms with Crippen LogP contribution in [0.3, 0.4) is 0 Å². The lowest BCUT2D eigenvalue weighted by Gasteiger charge is -2.26. The lowest BCUT2D eigenvalue weighted by atomic mass is 10.2. The van der Waals surface area contributed by atoms with Crippen molar-refractivity contribution < 1.29 is 0 Å². The zero-order valence-corrected chi connectivity index (χ0v) is 10.2. The van der Waals surface area contributed by atoms with Crippen LogP contribution < -0.4 is 0 Å². The first-order valence-electron chi connectivity index (χ1n) is 4.41. The van der Waals surface area contributed by atoms with E-state index >= 15 is 0 Å². The van der Waals surface area contributed by atoms with Gasteiger partial charge in [-0.1, -0.05) is 32.6 Å². The van der Waals surface area contributed by atoms with E-state index in [0.29, 0.717) is 0 Å². The van der Waals surface area contributed by atoms with Gasteiger partial charge < -0.3 is 0 Å². The van der Waals surface area contributed by atoms with Crippen molar-refractivity contribution >= 4 is 11.8 Å². The monoisotopic (exact) mass is 194 g/mol. The SMILES string of the molecule is CC#CC(C)(C#CC)SC(C)(C)C. The van der Waals surface area contributed by atoms with Crippen LogP contribution >= 0.6 is 11.8 Å². The molecule has 0 atom stereocenters. The van der Waals surface area contributed by atoms with E-state index in [9.17, 15) is 0 Å². The van der Waals surface area contributed by atoms with E-state index in [-0.39, 0.29) is 9.49 Å². The zero-order chi connectivity index (χ0) is 10.5. The Morgan fingerprint density at radius 1 is 0.846 bits per heavy atom. The Balaban J connectivity index is 4.75. The Labute approximate surface area is 86.9 Å². The first-order valence-corrected chi connectivity index (χ1v) is 5.22. The summed E-state index contributed by atoms with van der Waals surface area (Å²) in [7, 11) is 0. The Kier molecular flexibility index (Phi) is 4.45. The molecule has 72 valence electrons. The van der Waals surface area contributed by atoms with E-state index in [1.807, 2.05) is 13.8 Å². The maximum absolute atomic E-state index is 3.16. The fourth-order valence-electron chi connectivity index (χ4n) is 1.17. The molecule has 0 N–H and O–H groups in total. The van der Waals surface area contributed by atoms with E-state index in [2.05, 4.69) is 51.4 Å². The molecule has 0 fully saturated rings. The maximum Gasteiger partial charge on any atom is 0.134 e. The average Bonchev–Trinajstić information content (AvgIpc) is 1.82. The maximum atomic E-state index is 3.16.